The van der Waals surface area contributed by atoms with Gasteiger partial charge in [0.25, 0.3) is 0 Å². The maximum atomic E-state index is 11.5. The van der Waals surface area contributed by atoms with Crippen molar-refractivity contribution in [3.05, 3.63) is 59.7 Å². The van der Waals surface area contributed by atoms with Crippen LogP contribution in [0.4, 0.5) is 0 Å². The Morgan fingerprint density at radius 1 is 1.18 bits per heavy atom. The predicted octanol–water partition coefficient (Wildman–Crippen LogP) is 2.68. The molecule has 0 radical (unpaired) electrons. The van der Waals surface area contributed by atoms with Crippen LogP contribution in [0, 0.1) is 6.92 Å². The van der Waals surface area contributed by atoms with Crippen molar-refractivity contribution in [2.45, 2.75) is 37.2 Å². The molecule has 0 amide bonds. The maximum absolute atomic E-state index is 11.5. The largest absolute Gasteiger partial charge is 0.492 e. The van der Waals surface area contributed by atoms with Gasteiger partial charge in [0.2, 0.25) is 0 Å². The van der Waals surface area contributed by atoms with Gasteiger partial charge in [0.05, 0.1) is 10.9 Å². The Morgan fingerprint density at radius 2 is 1.93 bits per heavy atom. The molecule has 28 heavy (non-hydrogen) atoms. The lowest BCUT2D eigenvalue weighted by molar-refractivity contribution is 0.116. The highest BCUT2D eigenvalue weighted by molar-refractivity contribution is 7.90. The molecule has 6 heteroatoms. The highest BCUT2D eigenvalue weighted by atomic mass is 32.2. The first-order valence-electron chi connectivity index (χ1n) is 9.77. The van der Waals surface area contributed by atoms with E-state index in [1.807, 2.05) is 0 Å². The van der Waals surface area contributed by atoms with Crippen molar-refractivity contribution in [1.29, 1.82) is 0 Å². The van der Waals surface area contributed by atoms with Crippen LogP contribution in [0.2, 0.25) is 0 Å². The van der Waals surface area contributed by atoms with Crippen LogP contribution in [0.3, 0.4) is 0 Å². The topological polar surface area (TPSA) is 58.6 Å². The standard InChI is InChI=1S/C22H30N2O3S/c1-17-5-4-6-19(13-17)11-12-24-15-20(23-14-18(24)2)16-27-21-7-9-22(10-8-21)28(3,25)26/h4-10,13,18,20,23H,11-12,14-16H2,1-3H3. The van der Waals surface area contributed by atoms with E-state index in [4.69, 9.17) is 4.74 Å². The van der Waals surface area contributed by atoms with Gasteiger partial charge >= 0.3 is 0 Å². The molecule has 1 aliphatic rings. The number of rotatable bonds is 7. The summed E-state index contributed by atoms with van der Waals surface area (Å²) in [6, 6.07) is 16.1. The molecule has 3 rings (SSSR count). The van der Waals surface area contributed by atoms with E-state index in [-0.39, 0.29) is 6.04 Å². The summed E-state index contributed by atoms with van der Waals surface area (Å²) in [5, 5.41) is 3.55. The van der Waals surface area contributed by atoms with E-state index in [0.29, 0.717) is 23.3 Å². The minimum atomic E-state index is -3.18. The van der Waals surface area contributed by atoms with E-state index in [1.165, 1.54) is 17.4 Å². The predicted molar refractivity (Wildman–Crippen MR) is 113 cm³/mol. The SMILES string of the molecule is Cc1cccc(CCN2CC(COc3ccc(S(C)(=O)=O)cc3)NCC2C)c1. The lowest BCUT2D eigenvalue weighted by atomic mass is 10.1. The molecule has 2 aromatic rings. The molecular weight excluding hydrogens is 372 g/mol. The van der Waals surface area contributed by atoms with Gasteiger partial charge in [-0.3, -0.25) is 4.90 Å². The van der Waals surface area contributed by atoms with Gasteiger partial charge in [0, 0.05) is 31.9 Å². The lowest BCUT2D eigenvalue weighted by Crippen LogP contribution is -2.57. The number of aryl methyl sites for hydroxylation is 1. The summed E-state index contributed by atoms with van der Waals surface area (Å²) in [7, 11) is -3.18. The van der Waals surface area contributed by atoms with Crippen LogP contribution in [0.25, 0.3) is 0 Å². The monoisotopic (exact) mass is 402 g/mol. The molecule has 1 heterocycles. The van der Waals surface area contributed by atoms with Gasteiger partial charge in [0.1, 0.15) is 12.4 Å². The molecule has 0 bridgehead atoms. The number of sulfone groups is 1. The van der Waals surface area contributed by atoms with Gasteiger partial charge in [-0.05, 0) is 50.1 Å². The maximum Gasteiger partial charge on any atom is 0.175 e. The first-order chi connectivity index (χ1) is 13.3. The van der Waals surface area contributed by atoms with Crippen LogP contribution < -0.4 is 10.1 Å². The Labute approximate surface area is 168 Å². The second-order valence-electron chi connectivity index (χ2n) is 7.74. The summed E-state index contributed by atoms with van der Waals surface area (Å²) in [6.07, 6.45) is 2.26. The van der Waals surface area contributed by atoms with Gasteiger partial charge in [-0.2, -0.15) is 0 Å². The first-order valence-corrected chi connectivity index (χ1v) is 11.7. The van der Waals surface area contributed by atoms with E-state index < -0.39 is 9.84 Å². The number of ether oxygens (including phenoxy) is 1. The number of benzene rings is 2. The molecule has 2 unspecified atom stereocenters. The van der Waals surface area contributed by atoms with Crippen molar-refractivity contribution in [1.82, 2.24) is 10.2 Å². The summed E-state index contributed by atoms with van der Waals surface area (Å²) in [5.74, 6) is 0.694. The second kappa shape index (κ2) is 9.07. The first kappa shape index (κ1) is 20.8. The quantitative estimate of drug-likeness (QED) is 0.772. The van der Waals surface area contributed by atoms with Crippen LogP contribution in [-0.2, 0) is 16.3 Å². The third-order valence-electron chi connectivity index (χ3n) is 5.25. The molecule has 0 aliphatic carbocycles. The average Bonchev–Trinajstić information content (AvgIpc) is 2.66. The Balaban J connectivity index is 1.51. The lowest BCUT2D eigenvalue weighted by Gasteiger charge is -2.38. The summed E-state index contributed by atoms with van der Waals surface area (Å²) < 4.78 is 29.0. The van der Waals surface area contributed by atoms with Crippen LogP contribution in [0.5, 0.6) is 5.75 Å². The van der Waals surface area contributed by atoms with E-state index in [1.54, 1.807) is 24.3 Å². The van der Waals surface area contributed by atoms with Gasteiger partial charge in [-0.15, -0.1) is 0 Å². The molecule has 1 aliphatic heterocycles. The molecule has 2 atom stereocenters. The summed E-state index contributed by atoms with van der Waals surface area (Å²) in [6.45, 7) is 7.86. The fourth-order valence-electron chi connectivity index (χ4n) is 3.54. The number of hydrogen-bond donors (Lipinski definition) is 1. The highest BCUT2D eigenvalue weighted by Gasteiger charge is 2.25. The van der Waals surface area contributed by atoms with Crippen LogP contribution in [0.15, 0.2) is 53.4 Å². The van der Waals surface area contributed by atoms with Crippen molar-refractivity contribution in [3.8, 4) is 5.75 Å². The van der Waals surface area contributed by atoms with E-state index in [9.17, 15) is 8.42 Å². The Morgan fingerprint density at radius 3 is 2.61 bits per heavy atom. The minimum absolute atomic E-state index is 0.253. The van der Waals surface area contributed by atoms with Crippen molar-refractivity contribution in [2.75, 3.05) is 32.5 Å². The zero-order valence-electron chi connectivity index (χ0n) is 16.9. The average molecular weight is 403 g/mol. The Kier molecular flexibility index (Phi) is 6.75. The van der Waals surface area contributed by atoms with E-state index in [2.05, 4.69) is 48.3 Å². The third-order valence-corrected chi connectivity index (χ3v) is 6.38. The summed E-state index contributed by atoms with van der Waals surface area (Å²) in [5.41, 5.74) is 2.68. The molecule has 1 N–H and O–H groups in total. The number of nitrogens with zero attached hydrogens (tertiary/aromatic N) is 1. The Hall–Kier alpha value is -1.89. The molecule has 0 saturated carbocycles. The molecule has 0 spiro atoms. The van der Waals surface area contributed by atoms with Crippen molar-refractivity contribution in [3.63, 3.8) is 0 Å². The number of hydrogen-bond acceptors (Lipinski definition) is 5. The van der Waals surface area contributed by atoms with Gasteiger partial charge in [-0.1, -0.05) is 29.8 Å². The molecule has 152 valence electrons. The molecule has 5 nitrogen and oxygen atoms in total. The Bertz CT molecular complexity index is 881. The number of nitrogens with one attached hydrogen (secondary N) is 1. The normalized spacial score (nSPS) is 20.8. The van der Waals surface area contributed by atoms with Gasteiger partial charge in [-0.25, -0.2) is 8.42 Å². The summed E-state index contributed by atoms with van der Waals surface area (Å²) in [4.78, 5) is 2.83. The zero-order valence-corrected chi connectivity index (χ0v) is 17.7. The van der Waals surface area contributed by atoms with Crippen LogP contribution in [0.1, 0.15) is 18.1 Å². The molecule has 1 fully saturated rings. The molecule has 0 aromatic heterocycles. The van der Waals surface area contributed by atoms with E-state index >= 15 is 0 Å². The molecule has 2 aromatic carbocycles. The highest BCUT2D eigenvalue weighted by Crippen LogP contribution is 2.17. The zero-order chi connectivity index (χ0) is 20.1. The van der Waals surface area contributed by atoms with Crippen molar-refractivity contribution < 1.29 is 13.2 Å². The molecule has 1 saturated heterocycles. The minimum Gasteiger partial charge on any atom is -0.492 e. The van der Waals surface area contributed by atoms with Crippen LogP contribution in [-0.4, -0.2) is 57.9 Å². The molecular formula is C22H30N2O3S. The summed E-state index contributed by atoms with van der Waals surface area (Å²) >= 11 is 0. The fraction of sp³-hybridized carbons (Fsp3) is 0.455. The smallest absolute Gasteiger partial charge is 0.175 e. The van der Waals surface area contributed by atoms with Crippen LogP contribution >= 0.6 is 0 Å². The van der Waals surface area contributed by atoms with Gasteiger partial charge in [0.15, 0.2) is 9.84 Å². The van der Waals surface area contributed by atoms with Crippen molar-refractivity contribution >= 4 is 9.84 Å². The number of piperazine rings is 1. The fourth-order valence-corrected chi connectivity index (χ4v) is 4.17. The third kappa shape index (κ3) is 5.80. The van der Waals surface area contributed by atoms with E-state index in [0.717, 1.165) is 26.1 Å². The second-order valence-corrected chi connectivity index (χ2v) is 9.76. The van der Waals surface area contributed by atoms with Gasteiger partial charge < -0.3 is 10.1 Å². The van der Waals surface area contributed by atoms with Crippen molar-refractivity contribution in [2.24, 2.45) is 0 Å².